The van der Waals surface area contributed by atoms with Gasteiger partial charge in [-0.25, -0.2) is 9.97 Å². The maximum absolute atomic E-state index is 12.7. The van der Waals surface area contributed by atoms with Gasteiger partial charge in [0, 0.05) is 51.0 Å². The quantitative estimate of drug-likeness (QED) is 0.661. The van der Waals surface area contributed by atoms with Gasteiger partial charge in [-0.15, -0.1) is 0 Å². The first-order valence-corrected chi connectivity index (χ1v) is 9.96. The van der Waals surface area contributed by atoms with Crippen molar-refractivity contribution in [1.29, 1.82) is 0 Å². The molecule has 2 aromatic heterocycles. The van der Waals surface area contributed by atoms with Crippen molar-refractivity contribution in [2.45, 2.75) is 19.4 Å². The van der Waals surface area contributed by atoms with Crippen molar-refractivity contribution >= 4 is 28.4 Å². The number of aromatic amines is 1. The number of aryl methyl sites for hydroxylation is 1. The van der Waals surface area contributed by atoms with Crippen LogP contribution in [0.4, 0.5) is 11.5 Å². The van der Waals surface area contributed by atoms with Crippen molar-refractivity contribution in [3.05, 3.63) is 41.9 Å². The van der Waals surface area contributed by atoms with Crippen molar-refractivity contribution in [3.8, 4) is 5.75 Å². The molecule has 6 rings (SSSR count). The number of fused-ring (bicyclic) bond motifs is 4. The van der Waals surface area contributed by atoms with E-state index in [0.29, 0.717) is 12.8 Å². The summed E-state index contributed by atoms with van der Waals surface area (Å²) >= 11 is 0. The standard InChI is InChI=1S/C21H24N6O2/c1-29-17-4-3-16-10-14(17)2-5-18(28)27-8-6-26(7-9-27)12-15-11-22-20-19(15)21(25-16)24-13-23-20/h3-4,10-11,13H,2,5-9,12H2,1H3,(H2,22,23,24,25). The first-order chi connectivity index (χ1) is 14.2. The lowest BCUT2D eigenvalue weighted by molar-refractivity contribution is -0.133. The maximum Gasteiger partial charge on any atom is 0.222 e. The molecule has 0 unspecified atom stereocenters. The number of anilines is 2. The van der Waals surface area contributed by atoms with Crippen molar-refractivity contribution in [1.82, 2.24) is 24.8 Å². The Kier molecular flexibility index (Phi) is 4.55. The van der Waals surface area contributed by atoms with E-state index in [1.165, 1.54) is 0 Å². The molecule has 3 aliphatic heterocycles. The predicted molar refractivity (Wildman–Crippen MR) is 110 cm³/mol. The average molecular weight is 392 g/mol. The number of H-pyrrole nitrogens is 1. The second kappa shape index (κ2) is 7.36. The first kappa shape index (κ1) is 17.9. The smallest absolute Gasteiger partial charge is 0.222 e. The molecule has 1 saturated heterocycles. The van der Waals surface area contributed by atoms with Crippen LogP contribution in [0.2, 0.25) is 0 Å². The van der Waals surface area contributed by atoms with Crippen LogP contribution in [0.1, 0.15) is 17.5 Å². The molecule has 1 aromatic carbocycles. The largest absolute Gasteiger partial charge is 0.496 e. The van der Waals surface area contributed by atoms with Gasteiger partial charge >= 0.3 is 0 Å². The highest BCUT2D eigenvalue weighted by Crippen LogP contribution is 2.30. The van der Waals surface area contributed by atoms with Gasteiger partial charge in [0.15, 0.2) is 0 Å². The van der Waals surface area contributed by atoms with E-state index >= 15 is 0 Å². The molecule has 0 spiro atoms. The third kappa shape index (κ3) is 3.40. The van der Waals surface area contributed by atoms with Gasteiger partial charge in [0.2, 0.25) is 5.91 Å². The van der Waals surface area contributed by atoms with Crippen LogP contribution >= 0.6 is 0 Å². The van der Waals surface area contributed by atoms with Gasteiger partial charge in [0.1, 0.15) is 23.5 Å². The number of ether oxygens (including phenoxy) is 1. The van der Waals surface area contributed by atoms with E-state index in [0.717, 1.165) is 72.1 Å². The molecule has 150 valence electrons. The molecule has 0 atom stereocenters. The number of benzene rings is 1. The van der Waals surface area contributed by atoms with Gasteiger partial charge in [-0.1, -0.05) is 0 Å². The van der Waals surface area contributed by atoms with E-state index in [1.54, 1.807) is 13.4 Å². The van der Waals surface area contributed by atoms with Crippen LogP contribution in [0, 0.1) is 0 Å². The molecule has 8 heteroatoms. The summed E-state index contributed by atoms with van der Waals surface area (Å²) in [6, 6.07) is 5.95. The summed E-state index contributed by atoms with van der Waals surface area (Å²) in [4.78, 5) is 29.3. The molecule has 3 aliphatic rings. The zero-order valence-electron chi connectivity index (χ0n) is 16.4. The lowest BCUT2D eigenvalue weighted by atomic mass is 10.1. The highest BCUT2D eigenvalue weighted by molar-refractivity contribution is 5.92. The third-order valence-corrected chi connectivity index (χ3v) is 5.82. The van der Waals surface area contributed by atoms with Crippen LogP contribution in [0.25, 0.3) is 11.0 Å². The fourth-order valence-corrected chi connectivity index (χ4v) is 4.23. The predicted octanol–water partition coefficient (Wildman–Crippen LogP) is 2.30. The number of carbonyl (C=O) groups is 1. The monoisotopic (exact) mass is 392 g/mol. The summed E-state index contributed by atoms with van der Waals surface area (Å²) in [6.07, 6.45) is 4.71. The first-order valence-electron chi connectivity index (χ1n) is 9.96. The number of nitrogens with one attached hydrogen (secondary N) is 2. The fourth-order valence-electron chi connectivity index (χ4n) is 4.23. The molecule has 5 heterocycles. The lowest BCUT2D eigenvalue weighted by Gasteiger charge is -2.34. The van der Waals surface area contributed by atoms with Crippen molar-refractivity contribution in [2.75, 3.05) is 38.6 Å². The van der Waals surface area contributed by atoms with Crippen LogP contribution in [0.15, 0.2) is 30.7 Å². The normalized spacial score (nSPS) is 17.7. The summed E-state index contributed by atoms with van der Waals surface area (Å²) < 4.78 is 5.52. The third-order valence-electron chi connectivity index (χ3n) is 5.82. The van der Waals surface area contributed by atoms with E-state index in [4.69, 9.17) is 4.74 Å². The van der Waals surface area contributed by atoms with Crippen molar-refractivity contribution in [3.63, 3.8) is 0 Å². The number of carbonyl (C=O) groups excluding carboxylic acids is 1. The molecule has 29 heavy (non-hydrogen) atoms. The molecule has 8 nitrogen and oxygen atoms in total. The zero-order chi connectivity index (χ0) is 19.8. The second-order valence-corrected chi connectivity index (χ2v) is 7.57. The van der Waals surface area contributed by atoms with Gasteiger partial charge in [0.05, 0.1) is 12.5 Å². The van der Waals surface area contributed by atoms with Gasteiger partial charge in [-0.3, -0.25) is 9.69 Å². The number of rotatable bonds is 1. The molecule has 0 saturated carbocycles. The minimum atomic E-state index is 0.207. The maximum atomic E-state index is 12.7. The Morgan fingerprint density at radius 3 is 2.76 bits per heavy atom. The van der Waals surface area contributed by atoms with E-state index in [1.807, 2.05) is 29.3 Å². The highest BCUT2D eigenvalue weighted by Gasteiger charge is 2.23. The van der Waals surface area contributed by atoms with Crippen molar-refractivity contribution in [2.24, 2.45) is 0 Å². The Morgan fingerprint density at radius 2 is 1.93 bits per heavy atom. The molecule has 4 bridgehead atoms. The molecule has 0 radical (unpaired) electrons. The number of hydrogen-bond acceptors (Lipinski definition) is 6. The number of piperazine rings is 1. The molecule has 1 fully saturated rings. The lowest BCUT2D eigenvalue weighted by Crippen LogP contribution is -2.48. The summed E-state index contributed by atoms with van der Waals surface area (Å²) in [5, 5.41) is 4.46. The summed E-state index contributed by atoms with van der Waals surface area (Å²) in [5.41, 5.74) is 3.91. The Labute approximate surface area is 168 Å². The van der Waals surface area contributed by atoms with Crippen LogP contribution in [-0.4, -0.2) is 63.9 Å². The zero-order valence-corrected chi connectivity index (χ0v) is 16.4. The van der Waals surface area contributed by atoms with Crippen LogP contribution < -0.4 is 10.1 Å². The summed E-state index contributed by atoms with van der Waals surface area (Å²) in [5.74, 6) is 1.79. The average Bonchev–Trinajstić information content (AvgIpc) is 3.16. The van der Waals surface area contributed by atoms with Crippen LogP contribution in [0.3, 0.4) is 0 Å². The van der Waals surface area contributed by atoms with Crippen LogP contribution in [-0.2, 0) is 17.8 Å². The molecule has 3 aromatic rings. The Balaban J connectivity index is 1.60. The fraction of sp³-hybridized carbons (Fsp3) is 0.381. The number of hydrogen-bond donors (Lipinski definition) is 2. The Bertz CT molecular complexity index is 1050. The molecular formula is C21H24N6O2. The van der Waals surface area contributed by atoms with Crippen molar-refractivity contribution < 1.29 is 9.53 Å². The van der Waals surface area contributed by atoms with Gasteiger partial charge < -0.3 is 19.9 Å². The minimum Gasteiger partial charge on any atom is -0.496 e. The van der Waals surface area contributed by atoms with Gasteiger partial charge in [0.25, 0.3) is 0 Å². The van der Waals surface area contributed by atoms with E-state index in [-0.39, 0.29) is 5.91 Å². The molecule has 1 amide bonds. The highest BCUT2D eigenvalue weighted by atomic mass is 16.5. The topological polar surface area (TPSA) is 86.4 Å². The Hall–Kier alpha value is -3.13. The van der Waals surface area contributed by atoms with Gasteiger partial charge in [-0.05, 0) is 35.7 Å². The number of methoxy groups -OCH3 is 1. The summed E-state index contributed by atoms with van der Waals surface area (Å²) in [7, 11) is 1.66. The Morgan fingerprint density at radius 1 is 1.07 bits per heavy atom. The minimum absolute atomic E-state index is 0.207. The summed E-state index contributed by atoms with van der Waals surface area (Å²) in [6.45, 7) is 4.07. The number of amides is 1. The molecule has 2 N–H and O–H groups in total. The molecular weight excluding hydrogens is 368 g/mol. The van der Waals surface area contributed by atoms with Gasteiger partial charge in [-0.2, -0.15) is 0 Å². The molecule has 0 aliphatic carbocycles. The van der Waals surface area contributed by atoms with Crippen LogP contribution in [0.5, 0.6) is 5.75 Å². The van der Waals surface area contributed by atoms with E-state index < -0.39 is 0 Å². The van der Waals surface area contributed by atoms with E-state index in [9.17, 15) is 4.79 Å². The van der Waals surface area contributed by atoms with E-state index in [2.05, 4.69) is 25.2 Å². The number of nitrogens with zero attached hydrogens (tertiary/aromatic N) is 4. The number of aromatic nitrogens is 3. The SMILES string of the molecule is COc1ccc2cc1CCC(=O)N1CCN(CC1)Cc1c[nH]c3ncnc(c13)N2. The second-order valence-electron chi connectivity index (χ2n) is 7.57.